The molecule has 1 heterocycles. The molecule has 0 aliphatic rings. The molecule has 0 saturated carbocycles. The van der Waals surface area contributed by atoms with E-state index in [1.807, 2.05) is 24.3 Å². The lowest BCUT2D eigenvalue weighted by Gasteiger charge is -2.04. The number of methoxy groups -OCH3 is 1. The maximum Gasteiger partial charge on any atom is 0.307 e. The predicted molar refractivity (Wildman–Crippen MR) is 64.7 cm³/mol. The number of carbonyl (C=O) groups is 1. The van der Waals surface area contributed by atoms with Crippen LogP contribution < -0.4 is 5.32 Å². The van der Waals surface area contributed by atoms with Crippen molar-refractivity contribution in [3.05, 3.63) is 30.5 Å². The van der Waals surface area contributed by atoms with E-state index in [4.69, 9.17) is 0 Å². The first-order chi connectivity index (χ1) is 8.29. The van der Waals surface area contributed by atoms with Gasteiger partial charge in [-0.3, -0.25) is 4.79 Å². The Kier molecular flexibility index (Phi) is 3.49. The molecule has 1 N–H and O–H groups in total. The highest BCUT2D eigenvalue weighted by molar-refractivity contribution is 5.78. The van der Waals surface area contributed by atoms with Gasteiger partial charge in [0.2, 0.25) is 5.95 Å². The summed E-state index contributed by atoms with van der Waals surface area (Å²) in [5, 5.41) is 3.97. The lowest BCUT2D eigenvalue weighted by atomic mass is 10.2. The van der Waals surface area contributed by atoms with Crippen LogP contribution in [0.15, 0.2) is 30.5 Å². The summed E-state index contributed by atoms with van der Waals surface area (Å²) in [7, 11) is 1.37. The summed E-state index contributed by atoms with van der Waals surface area (Å²) in [4.78, 5) is 19.4. The second kappa shape index (κ2) is 5.25. The van der Waals surface area contributed by atoms with E-state index in [9.17, 15) is 4.79 Å². The Bertz CT molecular complexity index is 528. The average molecular weight is 231 g/mol. The zero-order chi connectivity index (χ0) is 12.1. The minimum atomic E-state index is -0.252. The zero-order valence-electron chi connectivity index (χ0n) is 9.51. The number of nitrogens with one attached hydrogen (secondary N) is 1. The number of nitrogens with zero attached hydrogens (tertiary/aromatic N) is 2. The number of hydrogen-bond donors (Lipinski definition) is 1. The number of para-hydroxylation sites is 1. The highest BCUT2D eigenvalue weighted by Gasteiger charge is 2.01. The summed E-state index contributed by atoms with van der Waals surface area (Å²) in [5.74, 6) is 0.269. The van der Waals surface area contributed by atoms with Gasteiger partial charge in [-0.05, 0) is 6.07 Å². The zero-order valence-corrected chi connectivity index (χ0v) is 9.51. The number of hydrogen-bond acceptors (Lipinski definition) is 5. The summed E-state index contributed by atoms with van der Waals surface area (Å²) < 4.78 is 4.54. The molecule has 0 saturated heterocycles. The molecule has 88 valence electrons. The van der Waals surface area contributed by atoms with Crippen LogP contribution in [0.5, 0.6) is 0 Å². The van der Waals surface area contributed by atoms with Gasteiger partial charge in [0.05, 0.1) is 19.0 Å². The van der Waals surface area contributed by atoms with Crippen LogP contribution in [0.25, 0.3) is 10.9 Å². The summed E-state index contributed by atoms with van der Waals surface area (Å²) >= 11 is 0. The molecule has 17 heavy (non-hydrogen) atoms. The molecule has 0 amide bonds. The molecule has 0 bridgehead atoms. The summed E-state index contributed by atoms with van der Waals surface area (Å²) in [6.45, 7) is 0.463. The number of aromatic nitrogens is 2. The lowest BCUT2D eigenvalue weighted by Crippen LogP contribution is -2.11. The molecule has 0 unspecified atom stereocenters. The van der Waals surface area contributed by atoms with Gasteiger partial charge < -0.3 is 10.1 Å². The van der Waals surface area contributed by atoms with Gasteiger partial charge in [-0.15, -0.1) is 0 Å². The maximum atomic E-state index is 10.9. The SMILES string of the molecule is COC(=O)CCNc1ncc2ccccc2n1. The van der Waals surface area contributed by atoms with Crippen LogP contribution in [0, 0.1) is 0 Å². The summed E-state index contributed by atoms with van der Waals surface area (Å²) in [6, 6.07) is 7.74. The van der Waals surface area contributed by atoms with E-state index in [2.05, 4.69) is 20.0 Å². The van der Waals surface area contributed by atoms with E-state index in [1.54, 1.807) is 6.20 Å². The number of ether oxygens (including phenoxy) is 1. The van der Waals surface area contributed by atoms with Crippen molar-refractivity contribution in [2.45, 2.75) is 6.42 Å². The third kappa shape index (κ3) is 2.90. The number of rotatable bonds is 4. The number of esters is 1. The largest absolute Gasteiger partial charge is 0.469 e. The first kappa shape index (κ1) is 11.3. The molecular formula is C12H13N3O2. The minimum absolute atomic E-state index is 0.252. The van der Waals surface area contributed by atoms with Gasteiger partial charge in [-0.1, -0.05) is 18.2 Å². The number of anilines is 1. The van der Waals surface area contributed by atoms with Gasteiger partial charge in [0, 0.05) is 18.1 Å². The highest BCUT2D eigenvalue weighted by Crippen LogP contribution is 2.11. The topological polar surface area (TPSA) is 64.1 Å². The van der Waals surface area contributed by atoms with Crippen LogP contribution in [0.4, 0.5) is 5.95 Å². The van der Waals surface area contributed by atoms with E-state index in [0.29, 0.717) is 18.9 Å². The summed E-state index contributed by atoms with van der Waals surface area (Å²) in [5.41, 5.74) is 0.878. The monoisotopic (exact) mass is 231 g/mol. The van der Waals surface area contributed by atoms with Crippen LogP contribution in [0.1, 0.15) is 6.42 Å². The smallest absolute Gasteiger partial charge is 0.307 e. The van der Waals surface area contributed by atoms with E-state index < -0.39 is 0 Å². The maximum absolute atomic E-state index is 10.9. The number of benzene rings is 1. The molecule has 0 aliphatic carbocycles. The van der Waals surface area contributed by atoms with Gasteiger partial charge in [0.15, 0.2) is 0 Å². The van der Waals surface area contributed by atoms with Crippen molar-refractivity contribution < 1.29 is 9.53 Å². The van der Waals surface area contributed by atoms with Gasteiger partial charge in [0.25, 0.3) is 0 Å². The van der Waals surface area contributed by atoms with Gasteiger partial charge in [0.1, 0.15) is 0 Å². The fraction of sp³-hybridized carbons (Fsp3) is 0.250. The van der Waals surface area contributed by atoms with E-state index >= 15 is 0 Å². The van der Waals surface area contributed by atoms with Crippen molar-refractivity contribution in [3.8, 4) is 0 Å². The first-order valence-corrected chi connectivity index (χ1v) is 5.32. The molecule has 0 fully saturated rings. The lowest BCUT2D eigenvalue weighted by molar-refractivity contribution is -0.140. The van der Waals surface area contributed by atoms with Crippen LogP contribution >= 0.6 is 0 Å². The second-order valence-corrected chi connectivity index (χ2v) is 3.51. The first-order valence-electron chi connectivity index (χ1n) is 5.32. The van der Waals surface area contributed by atoms with E-state index in [-0.39, 0.29) is 5.97 Å². The van der Waals surface area contributed by atoms with Gasteiger partial charge in [-0.2, -0.15) is 0 Å². The normalized spacial score (nSPS) is 10.2. The Balaban J connectivity index is 2.02. The Morgan fingerprint density at radius 1 is 1.41 bits per heavy atom. The number of carbonyl (C=O) groups excluding carboxylic acids is 1. The van der Waals surface area contributed by atoms with Gasteiger partial charge >= 0.3 is 5.97 Å². The molecular weight excluding hydrogens is 218 g/mol. The molecule has 0 aliphatic heterocycles. The second-order valence-electron chi connectivity index (χ2n) is 3.51. The summed E-state index contributed by atoms with van der Waals surface area (Å²) in [6.07, 6.45) is 2.05. The molecule has 0 atom stereocenters. The molecule has 2 aromatic rings. The Morgan fingerprint density at radius 3 is 3.06 bits per heavy atom. The average Bonchev–Trinajstić information content (AvgIpc) is 2.38. The Hall–Kier alpha value is -2.17. The van der Waals surface area contributed by atoms with Crippen molar-refractivity contribution in [3.63, 3.8) is 0 Å². The molecule has 0 spiro atoms. The van der Waals surface area contributed by atoms with E-state index in [0.717, 1.165) is 10.9 Å². The van der Waals surface area contributed by atoms with Crippen molar-refractivity contribution >= 4 is 22.8 Å². The third-order valence-electron chi connectivity index (χ3n) is 2.33. The molecule has 5 nitrogen and oxygen atoms in total. The van der Waals surface area contributed by atoms with Crippen molar-refractivity contribution in [2.24, 2.45) is 0 Å². The van der Waals surface area contributed by atoms with E-state index in [1.165, 1.54) is 7.11 Å². The van der Waals surface area contributed by atoms with Crippen molar-refractivity contribution in [1.29, 1.82) is 0 Å². The number of fused-ring (bicyclic) bond motifs is 1. The van der Waals surface area contributed by atoms with Crippen LogP contribution in [-0.2, 0) is 9.53 Å². The Labute approximate surface area is 98.8 Å². The molecule has 1 aromatic heterocycles. The van der Waals surface area contributed by atoms with Gasteiger partial charge in [-0.25, -0.2) is 9.97 Å². The third-order valence-corrected chi connectivity index (χ3v) is 2.33. The quantitative estimate of drug-likeness (QED) is 0.810. The fourth-order valence-corrected chi connectivity index (χ4v) is 1.44. The molecule has 0 radical (unpaired) electrons. The van der Waals surface area contributed by atoms with Crippen LogP contribution in [-0.4, -0.2) is 29.6 Å². The van der Waals surface area contributed by atoms with Crippen LogP contribution in [0.2, 0.25) is 0 Å². The highest BCUT2D eigenvalue weighted by atomic mass is 16.5. The molecule has 5 heteroatoms. The van der Waals surface area contributed by atoms with Crippen molar-refractivity contribution in [1.82, 2.24) is 9.97 Å². The molecule has 2 rings (SSSR count). The minimum Gasteiger partial charge on any atom is -0.469 e. The fourth-order valence-electron chi connectivity index (χ4n) is 1.44. The van der Waals surface area contributed by atoms with Crippen LogP contribution in [0.3, 0.4) is 0 Å². The standard InChI is InChI=1S/C12H13N3O2/c1-17-11(16)6-7-13-12-14-8-9-4-2-3-5-10(9)15-12/h2-5,8H,6-7H2,1H3,(H,13,14,15). The molecule has 1 aromatic carbocycles. The Morgan fingerprint density at radius 2 is 2.24 bits per heavy atom. The van der Waals surface area contributed by atoms with Crippen molar-refractivity contribution in [2.75, 3.05) is 19.0 Å². The predicted octanol–water partition coefficient (Wildman–Crippen LogP) is 1.60.